The monoisotopic (exact) mass is 324 g/mol. The van der Waals surface area contributed by atoms with Crippen molar-refractivity contribution in [3.8, 4) is 17.8 Å². The predicted molar refractivity (Wildman–Crippen MR) is 84.7 cm³/mol. The normalized spacial score (nSPS) is 13.8. The second kappa shape index (κ2) is 6.96. The Morgan fingerprint density at radius 2 is 2.17 bits per heavy atom. The first kappa shape index (κ1) is 15.7. The Hall–Kier alpha value is -3.14. The number of amides is 1. The lowest BCUT2D eigenvalue weighted by molar-refractivity contribution is 0.0159. The van der Waals surface area contributed by atoms with Gasteiger partial charge in [-0.15, -0.1) is 0 Å². The molecule has 1 saturated heterocycles. The van der Waals surface area contributed by atoms with Gasteiger partial charge in [-0.2, -0.15) is 5.26 Å². The van der Waals surface area contributed by atoms with Crippen molar-refractivity contribution < 1.29 is 14.3 Å². The number of ether oxygens (including phenoxy) is 2. The van der Waals surface area contributed by atoms with Crippen LogP contribution < -0.4 is 9.47 Å². The summed E-state index contributed by atoms with van der Waals surface area (Å²) in [7, 11) is 0. The summed E-state index contributed by atoms with van der Waals surface area (Å²) in [6.45, 7) is 3.36. The average molecular weight is 324 g/mol. The summed E-state index contributed by atoms with van der Waals surface area (Å²) in [6, 6.07) is 8.62. The number of aromatic nitrogens is 2. The first-order valence-electron chi connectivity index (χ1n) is 7.60. The molecule has 0 radical (unpaired) electrons. The molecule has 0 aliphatic carbocycles. The maximum atomic E-state index is 12.3. The van der Waals surface area contributed by atoms with E-state index in [1.54, 1.807) is 29.2 Å². The summed E-state index contributed by atoms with van der Waals surface area (Å²) in [6.07, 6.45) is 2.92. The van der Waals surface area contributed by atoms with E-state index in [0.29, 0.717) is 42.6 Å². The maximum Gasteiger partial charge on any atom is 0.255 e. The molecule has 7 heteroatoms. The number of rotatable bonds is 5. The van der Waals surface area contributed by atoms with E-state index in [2.05, 4.69) is 9.97 Å². The van der Waals surface area contributed by atoms with Gasteiger partial charge in [0.25, 0.3) is 5.91 Å². The molecule has 2 aromatic heterocycles. The molecule has 3 rings (SSSR count). The topological polar surface area (TPSA) is 88.3 Å². The van der Waals surface area contributed by atoms with Crippen LogP contribution in [-0.2, 0) is 0 Å². The van der Waals surface area contributed by atoms with E-state index in [-0.39, 0.29) is 12.0 Å². The van der Waals surface area contributed by atoms with E-state index >= 15 is 0 Å². The molecule has 122 valence electrons. The third kappa shape index (κ3) is 3.43. The number of pyridine rings is 2. The van der Waals surface area contributed by atoms with Gasteiger partial charge in [0.15, 0.2) is 0 Å². The van der Waals surface area contributed by atoms with Crippen molar-refractivity contribution in [3.05, 3.63) is 47.8 Å². The van der Waals surface area contributed by atoms with Crippen LogP contribution in [0.25, 0.3) is 0 Å². The van der Waals surface area contributed by atoms with E-state index < -0.39 is 0 Å². The lowest BCUT2D eigenvalue weighted by Crippen LogP contribution is -2.56. The molecule has 0 atom stereocenters. The Morgan fingerprint density at radius 3 is 2.83 bits per heavy atom. The first-order valence-corrected chi connectivity index (χ1v) is 7.60. The van der Waals surface area contributed by atoms with Gasteiger partial charge in [0.05, 0.1) is 36.9 Å². The molecule has 1 aliphatic rings. The predicted octanol–water partition coefficient (Wildman–Crippen LogP) is 1.65. The van der Waals surface area contributed by atoms with Crippen molar-refractivity contribution in [1.82, 2.24) is 14.9 Å². The molecular weight excluding hydrogens is 308 g/mol. The van der Waals surface area contributed by atoms with Crippen LogP contribution in [0.4, 0.5) is 0 Å². The standard InChI is InChI=1S/C17H16N4O3/c1-2-23-15-4-3-13(9-20-15)17(22)21-10-14(11-21)24-16-7-12(8-18)5-6-19-16/h3-7,9,14H,2,10-11H2,1H3. The average Bonchev–Trinajstić information content (AvgIpc) is 2.58. The van der Waals surface area contributed by atoms with E-state index in [1.807, 2.05) is 13.0 Å². The van der Waals surface area contributed by atoms with Gasteiger partial charge in [-0.25, -0.2) is 9.97 Å². The van der Waals surface area contributed by atoms with Crippen molar-refractivity contribution >= 4 is 5.91 Å². The minimum atomic E-state index is -0.119. The molecule has 1 amide bonds. The molecule has 0 bridgehead atoms. The van der Waals surface area contributed by atoms with Gasteiger partial charge in [0, 0.05) is 24.5 Å². The highest BCUT2D eigenvalue weighted by Crippen LogP contribution is 2.19. The quantitative estimate of drug-likeness (QED) is 0.831. The van der Waals surface area contributed by atoms with Crippen LogP contribution in [0.2, 0.25) is 0 Å². The molecule has 2 aromatic rings. The van der Waals surface area contributed by atoms with E-state index in [0.717, 1.165) is 0 Å². The van der Waals surface area contributed by atoms with Gasteiger partial charge in [-0.3, -0.25) is 4.79 Å². The largest absolute Gasteiger partial charge is 0.478 e. The van der Waals surface area contributed by atoms with E-state index in [1.165, 1.54) is 12.4 Å². The minimum Gasteiger partial charge on any atom is -0.478 e. The zero-order valence-corrected chi connectivity index (χ0v) is 13.2. The summed E-state index contributed by atoms with van der Waals surface area (Å²) in [5.74, 6) is 0.806. The van der Waals surface area contributed by atoms with E-state index in [9.17, 15) is 4.79 Å². The van der Waals surface area contributed by atoms with Gasteiger partial charge in [-0.05, 0) is 19.1 Å². The highest BCUT2D eigenvalue weighted by atomic mass is 16.5. The molecule has 0 aromatic carbocycles. The van der Waals surface area contributed by atoms with Crippen molar-refractivity contribution in [2.75, 3.05) is 19.7 Å². The number of carbonyl (C=O) groups is 1. The van der Waals surface area contributed by atoms with Crippen LogP contribution >= 0.6 is 0 Å². The molecule has 1 fully saturated rings. The third-order valence-electron chi connectivity index (χ3n) is 3.56. The van der Waals surface area contributed by atoms with Crippen molar-refractivity contribution in [3.63, 3.8) is 0 Å². The molecule has 24 heavy (non-hydrogen) atoms. The van der Waals surface area contributed by atoms with Crippen LogP contribution in [-0.4, -0.2) is 46.6 Å². The van der Waals surface area contributed by atoms with Crippen molar-refractivity contribution in [1.29, 1.82) is 5.26 Å². The molecular formula is C17H16N4O3. The van der Waals surface area contributed by atoms with Crippen LogP contribution in [0.3, 0.4) is 0 Å². The van der Waals surface area contributed by atoms with Crippen LogP contribution in [0.1, 0.15) is 22.8 Å². The van der Waals surface area contributed by atoms with Gasteiger partial charge in [-0.1, -0.05) is 0 Å². The SMILES string of the molecule is CCOc1ccc(C(=O)N2CC(Oc3cc(C#N)ccn3)C2)cn1. The summed E-state index contributed by atoms with van der Waals surface area (Å²) in [5, 5.41) is 8.86. The number of likely N-dealkylation sites (tertiary alicyclic amines) is 1. The van der Waals surface area contributed by atoms with Gasteiger partial charge < -0.3 is 14.4 Å². The lowest BCUT2D eigenvalue weighted by Gasteiger charge is -2.38. The fourth-order valence-corrected chi connectivity index (χ4v) is 2.32. The molecule has 0 spiro atoms. The smallest absolute Gasteiger partial charge is 0.255 e. The lowest BCUT2D eigenvalue weighted by atomic mass is 10.1. The maximum absolute atomic E-state index is 12.3. The summed E-state index contributed by atoms with van der Waals surface area (Å²) in [5.41, 5.74) is 1.01. The summed E-state index contributed by atoms with van der Waals surface area (Å²) < 4.78 is 10.9. The highest BCUT2D eigenvalue weighted by Gasteiger charge is 2.33. The fourth-order valence-electron chi connectivity index (χ4n) is 2.32. The second-order valence-electron chi connectivity index (χ2n) is 5.26. The molecule has 1 aliphatic heterocycles. The molecule has 7 nitrogen and oxygen atoms in total. The molecule has 0 N–H and O–H groups in total. The third-order valence-corrected chi connectivity index (χ3v) is 3.56. The number of carbonyl (C=O) groups excluding carboxylic acids is 1. The number of nitrogens with zero attached hydrogens (tertiary/aromatic N) is 4. The first-order chi connectivity index (χ1) is 11.7. The molecule has 0 unspecified atom stereocenters. The Kier molecular flexibility index (Phi) is 4.57. The number of hydrogen-bond acceptors (Lipinski definition) is 6. The summed E-state index contributed by atoms with van der Waals surface area (Å²) in [4.78, 5) is 22.2. The van der Waals surface area contributed by atoms with Gasteiger partial charge in [0.2, 0.25) is 11.8 Å². The molecule has 0 saturated carbocycles. The van der Waals surface area contributed by atoms with Crippen LogP contribution in [0.15, 0.2) is 36.7 Å². The van der Waals surface area contributed by atoms with Gasteiger partial charge in [0.1, 0.15) is 6.10 Å². The Bertz CT molecular complexity index is 764. The molecule has 3 heterocycles. The van der Waals surface area contributed by atoms with Crippen molar-refractivity contribution in [2.24, 2.45) is 0 Å². The highest BCUT2D eigenvalue weighted by molar-refractivity contribution is 5.94. The Labute approximate surface area is 139 Å². The minimum absolute atomic E-state index is 0.0934. The zero-order chi connectivity index (χ0) is 16.9. The summed E-state index contributed by atoms with van der Waals surface area (Å²) >= 11 is 0. The van der Waals surface area contributed by atoms with E-state index in [4.69, 9.17) is 14.7 Å². The number of hydrogen-bond donors (Lipinski definition) is 0. The number of nitriles is 1. The van der Waals surface area contributed by atoms with Crippen LogP contribution in [0.5, 0.6) is 11.8 Å². The Morgan fingerprint density at radius 1 is 1.33 bits per heavy atom. The van der Waals surface area contributed by atoms with Gasteiger partial charge >= 0.3 is 0 Å². The van der Waals surface area contributed by atoms with Crippen LogP contribution in [0, 0.1) is 11.3 Å². The Balaban J connectivity index is 1.54. The zero-order valence-electron chi connectivity index (χ0n) is 13.2. The fraction of sp³-hybridized carbons (Fsp3) is 0.294. The second-order valence-corrected chi connectivity index (χ2v) is 5.26. The van der Waals surface area contributed by atoms with Crippen molar-refractivity contribution in [2.45, 2.75) is 13.0 Å².